The van der Waals surface area contributed by atoms with Gasteiger partial charge in [-0.2, -0.15) is 0 Å². The molecule has 2 rings (SSSR count). The monoisotopic (exact) mass is 312 g/mol. The van der Waals surface area contributed by atoms with Crippen molar-refractivity contribution in [3.8, 4) is 0 Å². The van der Waals surface area contributed by atoms with Crippen LogP contribution in [-0.4, -0.2) is 0 Å². The number of benzene rings is 1. The Kier molecular flexibility index (Phi) is 12.1. The number of rotatable bonds is 4. The molecule has 0 bridgehead atoms. The molecule has 0 aromatic heterocycles. The Labute approximate surface area is 145 Å². The summed E-state index contributed by atoms with van der Waals surface area (Å²) in [5, 5.41) is 0. The van der Waals surface area contributed by atoms with E-state index in [-0.39, 0.29) is 5.41 Å². The fourth-order valence-electron chi connectivity index (χ4n) is 3.15. The summed E-state index contributed by atoms with van der Waals surface area (Å²) >= 11 is 0. The van der Waals surface area contributed by atoms with Gasteiger partial charge in [0.25, 0.3) is 0 Å². The van der Waals surface area contributed by atoms with Crippen LogP contribution in [0.1, 0.15) is 72.3 Å². The Bertz CT molecular complexity index is 456. The molecule has 0 aliphatic heterocycles. The van der Waals surface area contributed by atoms with E-state index in [4.69, 9.17) is 0 Å². The first-order valence-electron chi connectivity index (χ1n) is 9.34. The van der Waals surface area contributed by atoms with Crippen molar-refractivity contribution >= 4 is 0 Å². The minimum Gasteiger partial charge on any atom is -0.0949 e. The smallest absolute Gasteiger partial charge is 0.0197 e. The van der Waals surface area contributed by atoms with Crippen molar-refractivity contribution in [1.82, 2.24) is 0 Å². The van der Waals surface area contributed by atoms with E-state index >= 15 is 0 Å². The van der Waals surface area contributed by atoms with Crippen molar-refractivity contribution in [3.63, 3.8) is 0 Å². The molecule has 0 heterocycles. The summed E-state index contributed by atoms with van der Waals surface area (Å²) in [7, 11) is 0. The molecule has 1 aromatic rings. The van der Waals surface area contributed by atoms with Gasteiger partial charge in [-0.1, -0.05) is 108 Å². The molecular weight excluding hydrogens is 276 g/mol. The Hall–Kier alpha value is -1.56. The quantitative estimate of drug-likeness (QED) is 0.501. The van der Waals surface area contributed by atoms with Crippen LogP contribution < -0.4 is 0 Å². The molecule has 1 fully saturated rings. The molecule has 0 heteroatoms. The summed E-state index contributed by atoms with van der Waals surface area (Å²) < 4.78 is 0. The molecule has 0 nitrogen and oxygen atoms in total. The van der Waals surface area contributed by atoms with Crippen molar-refractivity contribution < 1.29 is 0 Å². The Morgan fingerprint density at radius 3 is 2.00 bits per heavy atom. The van der Waals surface area contributed by atoms with Gasteiger partial charge in [0.1, 0.15) is 0 Å². The van der Waals surface area contributed by atoms with E-state index in [2.05, 4.69) is 61.2 Å². The minimum atomic E-state index is 0.164. The molecule has 0 amide bonds. The van der Waals surface area contributed by atoms with E-state index in [1.165, 1.54) is 43.2 Å². The van der Waals surface area contributed by atoms with Gasteiger partial charge in [0.2, 0.25) is 0 Å². The molecule has 0 unspecified atom stereocenters. The van der Waals surface area contributed by atoms with Crippen molar-refractivity contribution in [3.05, 3.63) is 72.4 Å². The fourth-order valence-corrected chi connectivity index (χ4v) is 3.15. The van der Waals surface area contributed by atoms with Crippen molar-refractivity contribution in [1.29, 1.82) is 0 Å². The van der Waals surface area contributed by atoms with Crippen LogP contribution in [0, 0.1) is 0 Å². The average Bonchev–Trinajstić information content (AvgIpc) is 2.66. The first-order valence-corrected chi connectivity index (χ1v) is 9.34. The summed E-state index contributed by atoms with van der Waals surface area (Å²) in [6, 6.07) is 10.9. The molecule has 23 heavy (non-hydrogen) atoms. The second kappa shape index (κ2) is 12.9. The summed E-state index contributed by atoms with van der Waals surface area (Å²) in [6.45, 7) is 14.4. The highest BCUT2D eigenvalue weighted by Crippen LogP contribution is 2.44. The topological polar surface area (TPSA) is 0 Å². The molecule has 1 aliphatic carbocycles. The van der Waals surface area contributed by atoms with Crippen molar-refractivity contribution in [2.24, 2.45) is 0 Å². The highest BCUT2D eigenvalue weighted by atomic mass is 14.4. The molecule has 0 atom stereocenters. The van der Waals surface area contributed by atoms with Gasteiger partial charge in [-0.25, -0.2) is 0 Å². The van der Waals surface area contributed by atoms with E-state index in [0.29, 0.717) is 0 Å². The van der Waals surface area contributed by atoms with Gasteiger partial charge in [-0.15, -0.1) is 0 Å². The lowest BCUT2D eigenvalue weighted by atomic mass is 9.65. The second-order valence-electron chi connectivity index (χ2n) is 5.42. The van der Waals surface area contributed by atoms with Gasteiger partial charge in [-0.05, 0) is 30.9 Å². The van der Waals surface area contributed by atoms with E-state index in [9.17, 15) is 0 Å². The van der Waals surface area contributed by atoms with Crippen molar-refractivity contribution in [2.45, 2.75) is 72.1 Å². The van der Waals surface area contributed by atoms with Crippen LogP contribution >= 0.6 is 0 Å². The SMILES string of the molecule is C=C(/C=C\C=C/C)C1(c2ccccc2)CCCCC1.CC.CC. The highest BCUT2D eigenvalue weighted by molar-refractivity contribution is 5.41. The van der Waals surface area contributed by atoms with Gasteiger partial charge < -0.3 is 0 Å². The summed E-state index contributed by atoms with van der Waals surface area (Å²) in [5.41, 5.74) is 2.86. The zero-order chi connectivity index (χ0) is 17.6. The number of hydrogen-bond donors (Lipinski definition) is 0. The number of allylic oxidation sites excluding steroid dienone is 5. The highest BCUT2D eigenvalue weighted by Gasteiger charge is 2.35. The standard InChI is InChI=1S/C19H24.2C2H6/c1-3-4-7-12-17(2)19(15-10-6-11-16-19)18-13-8-5-9-14-18;2*1-2/h3-5,7-9,12-14H,2,6,10-11,15-16H2,1H3;2*1-2H3/b4-3-,12-7-;;. The molecule has 1 aliphatic rings. The molecule has 0 radical (unpaired) electrons. The summed E-state index contributed by atoms with van der Waals surface area (Å²) in [5.74, 6) is 0. The maximum Gasteiger partial charge on any atom is 0.0197 e. The van der Waals surface area contributed by atoms with E-state index in [1.807, 2.05) is 34.6 Å². The predicted octanol–water partition coefficient (Wildman–Crippen LogP) is 7.63. The van der Waals surface area contributed by atoms with Gasteiger partial charge in [-0.3, -0.25) is 0 Å². The van der Waals surface area contributed by atoms with Crippen LogP contribution in [0.5, 0.6) is 0 Å². The Morgan fingerprint density at radius 1 is 0.913 bits per heavy atom. The van der Waals surface area contributed by atoms with Crippen LogP contribution in [-0.2, 0) is 5.41 Å². The Balaban J connectivity index is 0.00000112. The lowest BCUT2D eigenvalue weighted by Crippen LogP contribution is -2.30. The molecule has 0 saturated heterocycles. The molecular formula is C23H36. The lowest BCUT2D eigenvalue weighted by molar-refractivity contribution is 0.346. The van der Waals surface area contributed by atoms with Crippen LogP contribution in [0.15, 0.2) is 66.8 Å². The van der Waals surface area contributed by atoms with E-state index < -0.39 is 0 Å². The van der Waals surface area contributed by atoms with Gasteiger partial charge >= 0.3 is 0 Å². The minimum absolute atomic E-state index is 0.164. The lowest BCUT2D eigenvalue weighted by Gasteiger charge is -2.39. The van der Waals surface area contributed by atoms with E-state index in [0.717, 1.165) is 0 Å². The van der Waals surface area contributed by atoms with Gasteiger partial charge in [0.05, 0.1) is 0 Å². The number of hydrogen-bond acceptors (Lipinski definition) is 0. The van der Waals surface area contributed by atoms with Crippen LogP contribution in [0.4, 0.5) is 0 Å². The van der Waals surface area contributed by atoms with Crippen molar-refractivity contribution in [2.75, 3.05) is 0 Å². The Morgan fingerprint density at radius 2 is 1.48 bits per heavy atom. The van der Waals surface area contributed by atoms with E-state index in [1.54, 1.807) is 0 Å². The summed E-state index contributed by atoms with van der Waals surface area (Å²) in [4.78, 5) is 0. The van der Waals surface area contributed by atoms with Crippen LogP contribution in [0.25, 0.3) is 0 Å². The van der Waals surface area contributed by atoms with Crippen LogP contribution in [0.3, 0.4) is 0 Å². The molecule has 0 N–H and O–H groups in total. The third kappa shape index (κ3) is 6.22. The third-order valence-corrected chi connectivity index (χ3v) is 4.25. The first-order chi connectivity index (χ1) is 11.3. The molecule has 0 spiro atoms. The fraction of sp³-hybridized carbons (Fsp3) is 0.478. The average molecular weight is 313 g/mol. The van der Waals surface area contributed by atoms with Gasteiger partial charge in [0, 0.05) is 5.41 Å². The van der Waals surface area contributed by atoms with Gasteiger partial charge in [0.15, 0.2) is 0 Å². The molecule has 1 saturated carbocycles. The molecule has 128 valence electrons. The normalized spacial score (nSPS) is 16.2. The maximum atomic E-state index is 4.38. The third-order valence-electron chi connectivity index (χ3n) is 4.25. The first kappa shape index (κ1) is 21.4. The predicted molar refractivity (Wildman–Crippen MR) is 107 cm³/mol. The second-order valence-corrected chi connectivity index (χ2v) is 5.42. The zero-order valence-corrected chi connectivity index (χ0v) is 15.9. The summed E-state index contributed by atoms with van der Waals surface area (Å²) in [6.07, 6.45) is 14.9. The zero-order valence-electron chi connectivity index (χ0n) is 15.9. The maximum absolute atomic E-state index is 4.38. The molecule has 1 aromatic carbocycles. The van der Waals surface area contributed by atoms with Crippen LogP contribution in [0.2, 0.25) is 0 Å². The largest absolute Gasteiger partial charge is 0.0949 e.